The maximum Gasteiger partial charge on any atom is 0.261 e. The summed E-state index contributed by atoms with van der Waals surface area (Å²) in [6.45, 7) is 3.81. The van der Waals surface area contributed by atoms with Crippen molar-refractivity contribution in [2.24, 2.45) is 11.7 Å². The van der Waals surface area contributed by atoms with Crippen molar-refractivity contribution in [1.29, 1.82) is 0 Å². The first-order valence-electron chi connectivity index (χ1n) is 7.79. The summed E-state index contributed by atoms with van der Waals surface area (Å²) in [4.78, 5) is 23.6. The van der Waals surface area contributed by atoms with Gasteiger partial charge in [-0.3, -0.25) is 9.59 Å². The third-order valence-electron chi connectivity index (χ3n) is 4.21. The van der Waals surface area contributed by atoms with Crippen LogP contribution in [0.5, 0.6) is 5.75 Å². The predicted molar refractivity (Wildman–Crippen MR) is 92.1 cm³/mol. The van der Waals surface area contributed by atoms with Crippen molar-refractivity contribution in [3.05, 3.63) is 29.8 Å². The first-order valence-corrected chi connectivity index (χ1v) is 7.79. The van der Waals surface area contributed by atoms with E-state index in [0.717, 1.165) is 19.3 Å². The average Bonchev–Trinajstić information content (AvgIpc) is 2.94. The van der Waals surface area contributed by atoms with Gasteiger partial charge in [-0.05, 0) is 51.3 Å². The first kappa shape index (κ1) is 19.5. The van der Waals surface area contributed by atoms with E-state index in [1.54, 1.807) is 31.2 Å². The second-order valence-electron chi connectivity index (χ2n) is 5.89. The number of ketones is 1. The van der Waals surface area contributed by atoms with Crippen molar-refractivity contribution < 1.29 is 14.3 Å². The molecule has 23 heavy (non-hydrogen) atoms. The molecule has 1 aliphatic rings. The minimum atomic E-state index is -0.610. The maximum atomic E-state index is 12.2. The third kappa shape index (κ3) is 5.22. The van der Waals surface area contributed by atoms with Gasteiger partial charge in [0.05, 0.1) is 0 Å². The molecule has 3 atom stereocenters. The van der Waals surface area contributed by atoms with E-state index >= 15 is 0 Å². The Kier molecular flexibility index (Phi) is 7.52. The zero-order valence-electron chi connectivity index (χ0n) is 13.6. The van der Waals surface area contributed by atoms with Crippen molar-refractivity contribution in [3.8, 4) is 5.75 Å². The molecule has 0 saturated heterocycles. The zero-order valence-corrected chi connectivity index (χ0v) is 14.4. The van der Waals surface area contributed by atoms with Crippen molar-refractivity contribution >= 4 is 24.1 Å². The van der Waals surface area contributed by atoms with Gasteiger partial charge in [-0.2, -0.15) is 0 Å². The van der Waals surface area contributed by atoms with E-state index in [1.807, 2.05) is 0 Å². The fraction of sp³-hybridized carbons (Fsp3) is 0.529. The Balaban J connectivity index is 0.00000264. The van der Waals surface area contributed by atoms with Gasteiger partial charge < -0.3 is 15.8 Å². The summed E-state index contributed by atoms with van der Waals surface area (Å²) < 4.78 is 5.65. The van der Waals surface area contributed by atoms with Gasteiger partial charge in [0.1, 0.15) is 5.75 Å². The molecule has 3 N–H and O–H groups in total. The van der Waals surface area contributed by atoms with E-state index in [-0.39, 0.29) is 30.1 Å². The molecule has 1 fully saturated rings. The largest absolute Gasteiger partial charge is 0.481 e. The molecular formula is C17H25ClN2O3. The molecule has 0 radical (unpaired) electrons. The van der Waals surface area contributed by atoms with E-state index in [9.17, 15) is 9.59 Å². The molecule has 0 bridgehead atoms. The first-order chi connectivity index (χ1) is 10.5. The van der Waals surface area contributed by atoms with Crippen LogP contribution in [0.25, 0.3) is 0 Å². The summed E-state index contributed by atoms with van der Waals surface area (Å²) in [6.07, 6.45) is 2.53. The monoisotopic (exact) mass is 340 g/mol. The normalized spacial score (nSPS) is 21.2. The van der Waals surface area contributed by atoms with Crippen LogP contribution in [0.1, 0.15) is 43.5 Å². The van der Waals surface area contributed by atoms with E-state index in [4.69, 9.17) is 10.5 Å². The van der Waals surface area contributed by atoms with Crippen molar-refractivity contribution in [1.82, 2.24) is 5.32 Å². The van der Waals surface area contributed by atoms with Gasteiger partial charge in [0.2, 0.25) is 0 Å². The molecule has 1 aromatic carbocycles. The average molecular weight is 341 g/mol. The van der Waals surface area contributed by atoms with Gasteiger partial charge in [-0.25, -0.2) is 0 Å². The van der Waals surface area contributed by atoms with Gasteiger partial charge in [0.15, 0.2) is 11.9 Å². The number of nitrogens with one attached hydrogen (secondary N) is 1. The van der Waals surface area contributed by atoms with Crippen LogP contribution in [-0.4, -0.2) is 30.4 Å². The van der Waals surface area contributed by atoms with Gasteiger partial charge in [0, 0.05) is 11.6 Å². The SMILES string of the molecule is CC(=O)c1cccc(OC(C)C(=O)NC2CCCC2CN)c1.Cl. The van der Waals surface area contributed by atoms with Gasteiger partial charge in [-0.15, -0.1) is 12.4 Å². The number of halogens is 1. The van der Waals surface area contributed by atoms with Crippen LogP contribution in [0.3, 0.4) is 0 Å². The molecule has 3 unspecified atom stereocenters. The number of hydrogen-bond acceptors (Lipinski definition) is 4. The van der Waals surface area contributed by atoms with Crippen LogP contribution in [0, 0.1) is 5.92 Å². The Morgan fingerprint density at radius 2 is 2.13 bits per heavy atom. The minimum Gasteiger partial charge on any atom is -0.481 e. The molecule has 5 nitrogen and oxygen atoms in total. The highest BCUT2D eigenvalue weighted by atomic mass is 35.5. The Hall–Kier alpha value is -1.59. The van der Waals surface area contributed by atoms with Crippen LogP contribution in [-0.2, 0) is 4.79 Å². The fourth-order valence-electron chi connectivity index (χ4n) is 2.86. The second kappa shape index (κ2) is 8.89. The van der Waals surface area contributed by atoms with Crippen molar-refractivity contribution in [2.75, 3.05) is 6.54 Å². The smallest absolute Gasteiger partial charge is 0.261 e. The lowest BCUT2D eigenvalue weighted by atomic mass is 10.0. The molecule has 0 aliphatic heterocycles. The Bertz CT molecular complexity index is 550. The molecule has 1 aromatic rings. The number of amides is 1. The number of ether oxygens (including phenoxy) is 1. The summed E-state index contributed by atoms with van der Waals surface area (Å²) in [7, 11) is 0. The van der Waals surface area contributed by atoms with E-state index in [2.05, 4.69) is 5.32 Å². The lowest BCUT2D eigenvalue weighted by Crippen LogP contribution is -2.45. The summed E-state index contributed by atoms with van der Waals surface area (Å²) in [5, 5.41) is 3.03. The number of rotatable bonds is 6. The molecule has 128 valence electrons. The quantitative estimate of drug-likeness (QED) is 0.779. The standard InChI is InChI=1S/C17H24N2O3.ClH/c1-11(20)13-5-3-7-15(9-13)22-12(2)17(21)19-16-8-4-6-14(16)10-18;/h3,5,7,9,12,14,16H,4,6,8,10,18H2,1-2H3,(H,19,21);1H. The molecule has 1 amide bonds. The van der Waals surface area contributed by atoms with E-state index < -0.39 is 6.10 Å². The molecular weight excluding hydrogens is 316 g/mol. The predicted octanol–water partition coefficient (Wildman–Crippen LogP) is 2.32. The molecule has 1 aliphatic carbocycles. The van der Waals surface area contributed by atoms with Gasteiger partial charge in [0.25, 0.3) is 5.91 Å². The lowest BCUT2D eigenvalue weighted by molar-refractivity contribution is -0.128. The number of benzene rings is 1. The number of carbonyl (C=O) groups excluding carboxylic acids is 2. The van der Waals surface area contributed by atoms with Crippen molar-refractivity contribution in [2.45, 2.75) is 45.3 Å². The van der Waals surface area contributed by atoms with E-state index in [0.29, 0.717) is 23.8 Å². The molecule has 0 heterocycles. The van der Waals surface area contributed by atoms with E-state index in [1.165, 1.54) is 6.92 Å². The van der Waals surface area contributed by atoms with Gasteiger partial charge >= 0.3 is 0 Å². The summed E-state index contributed by atoms with van der Waals surface area (Å²) in [5.41, 5.74) is 6.30. The highest BCUT2D eigenvalue weighted by molar-refractivity contribution is 5.94. The number of nitrogens with two attached hydrogens (primary N) is 1. The number of hydrogen-bond donors (Lipinski definition) is 2. The van der Waals surface area contributed by atoms with Crippen molar-refractivity contribution in [3.63, 3.8) is 0 Å². The van der Waals surface area contributed by atoms with Crippen LogP contribution in [0.2, 0.25) is 0 Å². The number of carbonyl (C=O) groups is 2. The Morgan fingerprint density at radius 3 is 2.78 bits per heavy atom. The third-order valence-corrected chi connectivity index (χ3v) is 4.21. The molecule has 0 aromatic heterocycles. The molecule has 6 heteroatoms. The van der Waals surface area contributed by atoms with Crippen LogP contribution >= 0.6 is 12.4 Å². The second-order valence-corrected chi connectivity index (χ2v) is 5.89. The maximum absolute atomic E-state index is 12.2. The van der Waals surface area contributed by atoms with Crippen LogP contribution in [0.15, 0.2) is 24.3 Å². The highest BCUT2D eigenvalue weighted by Crippen LogP contribution is 2.24. The molecule has 2 rings (SSSR count). The molecule has 0 spiro atoms. The Labute approximate surface area is 143 Å². The zero-order chi connectivity index (χ0) is 16.1. The lowest BCUT2D eigenvalue weighted by Gasteiger charge is -2.22. The fourth-order valence-corrected chi connectivity index (χ4v) is 2.86. The highest BCUT2D eigenvalue weighted by Gasteiger charge is 2.29. The van der Waals surface area contributed by atoms with Crippen LogP contribution in [0.4, 0.5) is 0 Å². The Morgan fingerprint density at radius 1 is 1.39 bits per heavy atom. The minimum absolute atomic E-state index is 0. The summed E-state index contributed by atoms with van der Waals surface area (Å²) in [6, 6.07) is 7.02. The van der Waals surface area contributed by atoms with Gasteiger partial charge in [-0.1, -0.05) is 18.6 Å². The number of Topliss-reactive ketones (excluding diaryl/α,β-unsaturated/α-hetero) is 1. The van der Waals surface area contributed by atoms with Crippen LogP contribution < -0.4 is 15.8 Å². The summed E-state index contributed by atoms with van der Waals surface area (Å²) in [5.74, 6) is 0.715. The molecule has 1 saturated carbocycles. The summed E-state index contributed by atoms with van der Waals surface area (Å²) >= 11 is 0. The topological polar surface area (TPSA) is 81.4 Å².